The second-order valence-corrected chi connectivity index (χ2v) is 22.3. The zero-order valence-corrected chi connectivity index (χ0v) is 38.9. The number of hydrogen-bond donors (Lipinski definition) is 0. The van der Waals surface area contributed by atoms with Gasteiger partial charge in [0.05, 0.1) is 11.1 Å². The van der Waals surface area contributed by atoms with Crippen LogP contribution in [0.25, 0.3) is 55.6 Å². The molecule has 0 radical (unpaired) electrons. The molecule has 14 rings (SSSR count). The molecule has 11 aromatic rings. The van der Waals surface area contributed by atoms with Crippen LogP contribution in [0.1, 0.15) is 22.3 Å². The highest BCUT2D eigenvalue weighted by molar-refractivity contribution is 7.24. The molecule has 3 aliphatic rings. The van der Waals surface area contributed by atoms with Gasteiger partial charge in [-0.3, -0.25) is 0 Å². The number of hydrogen-bond acceptors (Lipinski definition) is 1. The van der Waals surface area contributed by atoms with Gasteiger partial charge in [0.15, 0.2) is 8.07 Å². The summed E-state index contributed by atoms with van der Waals surface area (Å²) in [6.07, 6.45) is 0. The maximum Gasteiger partial charge on any atom is 0.182 e. The van der Waals surface area contributed by atoms with E-state index in [2.05, 4.69) is 278 Å². The normalized spacial score (nSPS) is 15.1. The summed E-state index contributed by atoms with van der Waals surface area (Å²) in [5.74, 6) is 0. The van der Waals surface area contributed by atoms with Crippen LogP contribution in [0.3, 0.4) is 0 Å². The Balaban J connectivity index is 1.04. The topological polar surface area (TPSA) is 3.24 Å². The minimum atomic E-state index is -2.73. The molecule has 0 N–H and O–H groups in total. The molecule has 0 fully saturated rings. The van der Waals surface area contributed by atoms with Crippen LogP contribution in [0.15, 0.2) is 273 Å². The zero-order valence-electron chi connectivity index (χ0n) is 37.9. The standard InChI is InChI=1S/C67H45NSi/c1-4-19-46(20-5-1)48-35-39-51(40-36-48)67(50-23-8-3-9-24-50)59-29-14-10-28-58(59)66-60(67)30-18-31-61(66)68(52-41-37-49(38-42-52)47-21-6-2-7-22-47)53-43-44-57-56-27-13-17-34-64(56)69(65(57)45-53)62-32-15-11-25-54(62)55-26-12-16-33-63(55)69/h1-45H. The van der Waals surface area contributed by atoms with Gasteiger partial charge in [0, 0.05) is 16.9 Å². The molecule has 0 bridgehead atoms. The minimum Gasteiger partial charge on any atom is -0.310 e. The Hall–Kier alpha value is -8.56. The van der Waals surface area contributed by atoms with Gasteiger partial charge in [-0.2, -0.15) is 0 Å². The van der Waals surface area contributed by atoms with Gasteiger partial charge >= 0.3 is 0 Å². The van der Waals surface area contributed by atoms with E-state index in [1.807, 2.05) is 0 Å². The second-order valence-electron chi connectivity index (χ2n) is 18.7. The molecule has 1 nitrogen and oxygen atoms in total. The number of nitrogens with zero attached hydrogens (tertiary/aromatic N) is 1. The average Bonchev–Trinajstić information content (AvgIpc) is 4.02. The Labute approximate surface area is 404 Å². The Morgan fingerprint density at radius 2 is 0.696 bits per heavy atom. The first kappa shape index (κ1) is 39.6. The van der Waals surface area contributed by atoms with Crippen molar-refractivity contribution in [1.29, 1.82) is 0 Å². The molecule has 1 atom stereocenters. The van der Waals surface area contributed by atoms with E-state index in [1.165, 1.54) is 98.6 Å². The maximum atomic E-state index is 2.58. The van der Waals surface area contributed by atoms with Crippen molar-refractivity contribution in [3.8, 4) is 55.6 Å². The molecule has 0 amide bonds. The highest BCUT2D eigenvalue weighted by Gasteiger charge is 2.54. The van der Waals surface area contributed by atoms with E-state index in [4.69, 9.17) is 0 Å². The molecule has 69 heavy (non-hydrogen) atoms. The summed E-state index contributed by atoms with van der Waals surface area (Å²) < 4.78 is 0. The van der Waals surface area contributed by atoms with Crippen molar-refractivity contribution < 1.29 is 0 Å². The largest absolute Gasteiger partial charge is 0.310 e. The van der Waals surface area contributed by atoms with Gasteiger partial charge < -0.3 is 4.90 Å². The third-order valence-electron chi connectivity index (χ3n) is 15.4. The van der Waals surface area contributed by atoms with Gasteiger partial charge in [-0.15, -0.1) is 0 Å². The van der Waals surface area contributed by atoms with Crippen molar-refractivity contribution in [2.24, 2.45) is 0 Å². The number of benzene rings is 11. The predicted molar refractivity (Wildman–Crippen MR) is 291 cm³/mol. The summed E-state index contributed by atoms with van der Waals surface area (Å²) in [7, 11) is -2.73. The lowest BCUT2D eigenvalue weighted by Crippen LogP contribution is -2.70. The van der Waals surface area contributed by atoms with Crippen LogP contribution in [0, 0.1) is 0 Å². The molecule has 0 saturated heterocycles. The molecule has 11 aromatic carbocycles. The molecule has 1 spiro atoms. The summed E-state index contributed by atoms with van der Waals surface area (Å²) in [4.78, 5) is 2.56. The van der Waals surface area contributed by atoms with Crippen LogP contribution < -0.4 is 25.6 Å². The molecular weight excluding hydrogens is 847 g/mol. The van der Waals surface area contributed by atoms with Crippen LogP contribution in [-0.2, 0) is 5.41 Å². The fourth-order valence-corrected chi connectivity index (χ4v) is 18.2. The molecule has 2 heteroatoms. The summed E-state index contributed by atoms with van der Waals surface area (Å²) in [6, 6.07) is 103. The lowest BCUT2D eigenvalue weighted by molar-refractivity contribution is 0.768. The molecular formula is C67H45NSi. The summed E-state index contributed by atoms with van der Waals surface area (Å²) in [6.45, 7) is 0. The van der Waals surface area contributed by atoms with Crippen LogP contribution in [0.5, 0.6) is 0 Å². The highest BCUT2D eigenvalue weighted by atomic mass is 28.3. The molecule has 2 aliphatic heterocycles. The Bertz CT molecular complexity index is 3700. The number of rotatable bonds is 7. The first-order chi connectivity index (χ1) is 34.2. The van der Waals surface area contributed by atoms with Crippen molar-refractivity contribution in [3.05, 3.63) is 295 Å². The summed E-state index contributed by atoms with van der Waals surface area (Å²) >= 11 is 0. The van der Waals surface area contributed by atoms with E-state index in [-0.39, 0.29) is 0 Å². The fraction of sp³-hybridized carbons (Fsp3) is 0.0149. The predicted octanol–water partition coefficient (Wildman–Crippen LogP) is 14.2. The number of fused-ring (bicyclic) bond motifs is 13. The highest BCUT2D eigenvalue weighted by Crippen LogP contribution is 2.59. The second kappa shape index (κ2) is 15.5. The summed E-state index contributed by atoms with van der Waals surface area (Å²) in [5, 5.41) is 5.89. The molecule has 2 heterocycles. The molecule has 0 aromatic heterocycles. The number of anilines is 3. The smallest absolute Gasteiger partial charge is 0.182 e. The Morgan fingerprint density at radius 3 is 1.28 bits per heavy atom. The van der Waals surface area contributed by atoms with Gasteiger partial charge in [-0.1, -0.05) is 243 Å². The van der Waals surface area contributed by atoms with E-state index in [9.17, 15) is 0 Å². The third kappa shape index (κ3) is 5.64. The van der Waals surface area contributed by atoms with Crippen LogP contribution in [0.4, 0.5) is 17.1 Å². The monoisotopic (exact) mass is 891 g/mol. The van der Waals surface area contributed by atoms with Crippen molar-refractivity contribution in [3.63, 3.8) is 0 Å². The molecule has 0 saturated carbocycles. The lowest BCUT2D eigenvalue weighted by Gasteiger charge is -2.35. The first-order valence-corrected chi connectivity index (χ1v) is 26.1. The van der Waals surface area contributed by atoms with Crippen molar-refractivity contribution >= 4 is 45.9 Å². The van der Waals surface area contributed by atoms with E-state index in [1.54, 1.807) is 0 Å². The minimum absolute atomic E-state index is 0.574. The van der Waals surface area contributed by atoms with Crippen LogP contribution in [-0.4, -0.2) is 8.07 Å². The van der Waals surface area contributed by atoms with Gasteiger partial charge in [0.2, 0.25) is 0 Å². The summed E-state index contributed by atoms with van der Waals surface area (Å²) in [5.41, 5.74) is 20.7. The molecule has 1 aliphatic carbocycles. The van der Waals surface area contributed by atoms with Gasteiger partial charge in [0.1, 0.15) is 0 Å². The molecule has 1 unspecified atom stereocenters. The SMILES string of the molecule is c1ccc(-c2ccc(N(c3ccc4c(c3)[Si]3(c5ccccc5-c5ccccc53)c3ccccc3-4)c3cccc4c3-c3ccccc3C4(c3ccccc3)c3ccc(-c4ccccc4)cc3)cc2)cc1. The quantitative estimate of drug-likeness (QED) is 0.144. The van der Waals surface area contributed by atoms with Gasteiger partial charge in [-0.25, -0.2) is 0 Å². The van der Waals surface area contributed by atoms with Crippen LogP contribution >= 0.6 is 0 Å². The third-order valence-corrected chi connectivity index (χ3v) is 20.3. The van der Waals surface area contributed by atoms with Gasteiger partial charge in [-0.05, 0) is 123 Å². The van der Waals surface area contributed by atoms with Crippen molar-refractivity contribution in [2.75, 3.05) is 4.90 Å². The fourth-order valence-electron chi connectivity index (χ4n) is 12.6. The van der Waals surface area contributed by atoms with Crippen molar-refractivity contribution in [2.45, 2.75) is 5.41 Å². The lowest BCUT2D eigenvalue weighted by atomic mass is 9.67. The van der Waals surface area contributed by atoms with E-state index in [0.717, 1.165) is 17.1 Å². The van der Waals surface area contributed by atoms with E-state index < -0.39 is 13.5 Å². The van der Waals surface area contributed by atoms with E-state index >= 15 is 0 Å². The maximum absolute atomic E-state index is 2.73. The Morgan fingerprint density at radius 1 is 0.275 bits per heavy atom. The molecule has 322 valence electrons. The zero-order chi connectivity index (χ0) is 45.5. The average molecular weight is 892 g/mol. The first-order valence-electron chi connectivity index (χ1n) is 24.1. The van der Waals surface area contributed by atoms with E-state index in [0.29, 0.717) is 0 Å². The Kier molecular flexibility index (Phi) is 8.89. The van der Waals surface area contributed by atoms with Crippen LogP contribution in [0.2, 0.25) is 0 Å². The van der Waals surface area contributed by atoms with Crippen molar-refractivity contribution in [1.82, 2.24) is 0 Å². The van der Waals surface area contributed by atoms with Gasteiger partial charge in [0.25, 0.3) is 0 Å².